The summed E-state index contributed by atoms with van der Waals surface area (Å²) < 4.78 is 24.7. The molecule has 1 aromatic rings. The highest BCUT2D eigenvalue weighted by Gasteiger charge is 2.28. The fraction of sp³-hybridized carbons (Fsp3) is 0.529. The molecule has 0 aliphatic carbocycles. The minimum Gasteiger partial charge on any atom is -0.490 e. The lowest BCUT2D eigenvalue weighted by Gasteiger charge is -2.23. The van der Waals surface area contributed by atoms with Crippen LogP contribution >= 0.6 is 0 Å². The van der Waals surface area contributed by atoms with Gasteiger partial charge in [-0.3, -0.25) is 4.79 Å². The molecule has 0 radical (unpaired) electrons. The van der Waals surface area contributed by atoms with E-state index in [9.17, 15) is 14.0 Å². The summed E-state index contributed by atoms with van der Waals surface area (Å²) in [5.74, 6) is -2.31. The number of halogens is 1. The first-order valence-corrected chi connectivity index (χ1v) is 7.67. The fourth-order valence-electron chi connectivity index (χ4n) is 1.90. The number of nitrogens with two attached hydrogens (primary N) is 2. The van der Waals surface area contributed by atoms with E-state index in [1.165, 1.54) is 6.07 Å². The molecule has 4 N–H and O–H groups in total. The van der Waals surface area contributed by atoms with Gasteiger partial charge in [-0.15, -0.1) is 0 Å². The number of benzene rings is 1. The number of hydrogen-bond acceptors (Lipinski definition) is 5. The van der Waals surface area contributed by atoms with E-state index in [2.05, 4.69) is 0 Å². The van der Waals surface area contributed by atoms with Crippen molar-refractivity contribution in [3.63, 3.8) is 0 Å². The fourth-order valence-corrected chi connectivity index (χ4v) is 1.90. The Morgan fingerprint density at radius 2 is 1.83 bits per heavy atom. The summed E-state index contributed by atoms with van der Waals surface area (Å²) >= 11 is 0. The number of hydrogen-bond donors (Lipinski definition) is 2. The molecule has 0 aliphatic heterocycles. The minimum atomic E-state index is -1.28. The number of rotatable bonds is 6. The smallest absolute Gasteiger partial charge is 0.328 e. The molecule has 0 spiro atoms. The third-order valence-corrected chi connectivity index (χ3v) is 2.94. The maximum atomic E-state index is 14.1. The van der Waals surface area contributed by atoms with Gasteiger partial charge in [0, 0.05) is 5.56 Å². The van der Waals surface area contributed by atoms with Crippen LogP contribution in [0.5, 0.6) is 5.75 Å². The third kappa shape index (κ3) is 5.49. The molecule has 1 aromatic carbocycles. The first-order valence-electron chi connectivity index (χ1n) is 7.67. The summed E-state index contributed by atoms with van der Waals surface area (Å²) in [6.45, 7) is 9.15. The second kappa shape index (κ2) is 7.61. The zero-order valence-corrected chi connectivity index (χ0v) is 14.7. The molecule has 1 atom stereocenters. The topological polar surface area (TPSA) is 105 Å². The standard InChI is InChI=1S/C17H25FN2O4/c1-9(2)8-23-13-7-10(11(15(20)21)6-12(13)18)14(19)16(22)24-17(3,4)5/h6-7,9,14H,8,19H2,1-5H3,(H2,20,21). The van der Waals surface area contributed by atoms with Crippen molar-refractivity contribution in [2.24, 2.45) is 17.4 Å². The molecule has 134 valence electrons. The van der Waals surface area contributed by atoms with Gasteiger partial charge in [-0.2, -0.15) is 0 Å². The predicted octanol–water partition coefficient (Wildman–Crippen LogP) is 2.30. The van der Waals surface area contributed by atoms with Gasteiger partial charge in [0.25, 0.3) is 0 Å². The van der Waals surface area contributed by atoms with Crippen molar-refractivity contribution in [3.05, 3.63) is 29.1 Å². The van der Waals surface area contributed by atoms with Crippen LogP contribution in [0.15, 0.2) is 12.1 Å². The molecule has 1 rings (SSSR count). The molecule has 0 heterocycles. The predicted molar refractivity (Wildman–Crippen MR) is 88.0 cm³/mol. The summed E-state index contributed by atoms with van der Waals surface area (Å²) in [6, 6.07) is 0.873. The van der Waals surface area contributed by atoms with E-state index in [1.807, 2.05) is 13.8 Å². The van der Waals surface area contributed by atoms with Crippen molar-refractivity contribution in [3.8, 4) is 5.75 Å². The van der Waals surface area contributed by atoms with Crippen LogP contribution in [0, 0.1) is 11.7 Å². The Kier molecular flexibility index (Phi) is 6.31. The summed E-state index contributed by atoms with van der Waals surface area (Å²) in [5, 5.41) is 0. The van der Waals surface area contributed by atoms with Crippen molar-refractivity contribution < 1.29 is 23.5 Å². The van der Waals surface area contributed by atoms with Gasteiger partial charge in [-0.05, 0) is 44.4 Å². The number of esters is 1. The van der Waals surface area contributed by atoms with E-state index >= 15 is 0 Å². The van der Waals surface area contributed by atoms with Crippen LogP contribution in [0.3, 0.4) is 0 Å². The number of ether oxygens (including phenoxy) is 2. The highest BCUT2D eigenvalue weighted by Crippen LogP contribution is 2.28. The molecule has 0 saturated carbocycles. The zero-order valence-electron chi connectivity index (χ0n) is 14.7. The van der Waals surface area contributed by atoms with Crippen LogP contribution < -0.4 is 16.2 Å². The van der Waals surface area contributed by atoms with Crippen LogP contribution in [0.1, 0.15) is 56.6 Å². The van der Waals surface area contributed by atoms with Crippen LogP contribution in [0.25, 0.3) is 0 Å². The third-order valence-electron chi connectivity index (χ3n) is 2.94. The zero-order chi connectivity index (χ0) is 18.7. The number of amides is 1. The molecule has 0 aromatic heterocycles. The molecule has 0 saturated heterocycles. The Hall–Kier alpha value is -2.15. The van der Waals surface area contributed by atoms with Crippen LogP contribution in [-0.2, 0) is 9.53 Å². The maximum absolute atomic E-state index is 14.1. The van der Waals surface area contributed by atoms with Crippen LogP contribution in [0.4, 0.5) is 4.39 Å². The summed E-state index contributed by atoms with van der Waals surface area (Å²) in [7, 11) is 0. The van der Waals surface area contributed by atoms with Crippen molar-refractivity contribution in [2.75, 3.05) is 6.61 Å². The van der Waals surface area contributed by atoms with Gasteiger partial charge in [-0.1, -0.05) is 13.8 Å². The summed E-state index contributed by atoms with van der Waals surface area (Å²) in [6.07, 6.45) is 0. The number of carbonyl (C=O) groups is 2. The Bertz CT molecular complexity index is 624. The van der Waals surface area contributed by atoms with Gasteiger partial charge in [0.15, 0.2) is 11.6 Å². The van der Waals surface area contributed by atoms with E-state index in [0.717, 1.165) is 6.07 Å². The lowest BCUT2D eigenvalue weighted by molar-refractivity contribution is -0.156. The van der Waals surface area contributed by atoms with Gasteiger partial charge in [-0.25, -0.2) is 9.18 Å². The van der Waals surface area contributed by atoms with E-state index < -0.39 is 29.3 Å². The maximum Gasteiger partial charge on any atom is 0.328 e. The molecule has 24 heavy (non-hydrogen) atoms. The van der Waals surface area contributed by atoms with Crippen molar-refractivity contribution in [1.29, 1.82) is 0 Å². The molecular formula is C17H25FN2O4. The SMILES string of the molecule is CC(C)COc1cc(C(N)C(=O)OC(C)(C)C)c(C(N)=O)cc1F. The van der Waals surface area contributed by atoms with Gasteiger partial charge >= 0.3 is 5.97 Å². The largest absolute Gasteiger partial charge is 0.490 e. The number of carbonyl (C=O) groups excluding carboxylic acids is 2. The Morgan fingerprint density at radius 3 is 2.29 bits per heavy atom. The molecule has 1 amide bonds. The first-order chi connectivity index (χ1) is 10.9. The minimum absolute atomic E-state index is 0.0666. The van der Waals surface area contributed by atoms with Gasteiger partial charge in [0.2, 0.25) is 5.91 Å². The lowest BCUT2D eigenvalue weighted by Crippen LogP contribution is -2.33. The molecule has 0 aliphatic rings. The van der Waals surface area contributed by atoms with Gasteiger partial charge in [0.05, 0.1) is 6.61 Å². The van der Waals surface area contributed by atoms with Crippen LogP contribution in [0.2, 0.25) is 0 Å². The molecule has 0 bridgehead atoms. The van der Waals surface area contributed by atoms with E-state index in [4.69, 9.17) is 20.9 Å². The Morgan fingerprint density at radius 1 is 1.25 bits per heavy atom. The highest BCUT2D eigenvalue weighted by molar-refractivity contribution is 5.96. The van der Waals surface area contributed by atoms with Gasteiger partial charge < -0.3 is 20.9 Å². The summed E-state index contributed by atoms with van der Waals surface area (Å²) in [4.78, 5) is 23.7. The second-order valence-corrected chi connectivity index (χ2v) is 6.95. The molecular weight excluding hydrogens is 315 g/mol. The monoisotopic (exact) mass is 340 g/mol. The normalized spacial score (nSPS) is 12.8. The van der Waals surface area contributed by atoms with E-state index in [-0.39, 0.29) is 29.4 Å². The summed E-state index contributed by atoms with van der Waals surface area (Å²) in [5.41, 5.74) is 10.3. The molecule has 1 unspecified atom stereocenters. The molecule has 0 fully saturated rings. The van der Waals surface area contributed by atoms with Gasteiger partial charge in [0.1, 0.15) is 11.6 Å². The first kappa shape index (κ1) is 19.9. The quantitative estimate of drug-likeness (QED) is 0.773. The second-order valence-electron chi connectivity index (χ2n) is 6.95. The Balaban J connectivity index is 3.24. The van der Waals surface area contributed by atoms with Crippen LogP contribution in [-0.4, -0.2) is 24.1 Å². The van der Waals surface area contributed by atoms with Crippen molar-refractivity contribution >= 4 is 11.9 Å². The average molecular weight is 340 g/mol. The van der Waals surface area contributed by atoms with E-state index in [0.29, 0.717) is 0 Å². The average Bonchev–Trinajstić information content (AvgIpc) is 2.42. The van der Waals surface area contributed by atoms with E-state index in [1.54, 1.807) is 20.8 Å². The molecule has 6 nitrogen and oxygen atoms in total. The lowest BCUT2D eigenvalue weighted by atomic mass is 9.99. The van der Waals surface area contributed by atoms with Crippen molar-refractivity contribution in [2.45, 2.75) is 46.3 Å². The molecule has 7 heteroatoms. The highest BCUT2D eigenvalue weighted by atomic mass is 19.1. The van der Waals surface area contributed by atoms with Crippen molar-refractivity contribution in [1.82, 2.24) is 0 Å². The Labute approximate surface area is 141 Å². The number of primary amides is 1.